The molecule has 0 radical (unpaired) electrons. The quantitative estimate of drug-likeness (QED) is 0.548. The van der Waals surface area contributed by atoms with E-state index in [9.17, 15) is 9.59 Å². The Morgan fingerprint density at radius 3 is 2.64 bits per heavy atom. The molecule has 0 aliphatic rings. The molecule has 0 fully saturated rings. The molecule has 3 aromatic rings. The zero-order valence-electron chi connectivity index (χ0n) is 15.6. The first kappa shape index (κ1) is 19.2. The lowest BCUT2D eigenvalue weighted by atomic mass is 10.0. The second-order valence-corrected chi connectivity index (χ2v) is 6.43. The molecule has 3 N–H and O–H groups in total. The van der Waals surface area contributed by atoms with Gasteiger partial charge in [0.1, 0.15) is 0 Å². The Labute approximate surface area is 163 Å². The summed E-state index contributed by atoms with van der Waals surface area (Å²) >= 11 is 0. The fraction of sp³-hybridized carbons (Fsp3) is 0.182. The minimum absolute atomic E-state index is 0.0265. The van der Waals surface area contributed by atoms with E-state index < -0.39 is 0 Å². The number of rotatable bonds is 7. The van der Waals surface area contributed by atoms with Crippen LogP contribution in [0, 0.1) is 11.3 Å². The zero-order chi connectivity index (χ0) is 19.9. The lowest BCUT2D eigenvalue weighted by molar-refractivity contribution is 0.0946. The van der Waals surface area contributed by atoms with Crippen LogP contribution in [0.3, 0.4) is 0 Å². The van der Waals surface area contributed by atoms with Crippen molar-refractivity contribution >= 4 is 34.5 Å². The third-order valence-electron chi connectivity index (χ3n) is 4.59. The molecule has 6 heteroatoms. The van der Waals surface area contributed by atoms with Gasteiger partial charge in [-0.1, -0.05) is 43.3 Å². The summed E-state index contributed by atoms with van der Waals surface area (Å²) in [7, 11) is 0. The molecule has 28 heavy (non-hydrogen) atoms. The van der Waals surface area contributed by atoms with Gasteiger partial charge >= 0.3 is 0 Å². The summed E-state index contributed by atoms with van der Waals surface area (Å²) in [6, 6.07) is 16.5. The Balaban J connectivity index is 1.82. The van der Waals surface area contributed by atoms with Gasteiger partial charge in [0.15, 0.2) is 5.69 Å². The van der Waals surface area contributed by atoms with Gasteiger partial charge in [0.05, 0.1) is 5.69 Å². The van der Waals surface area contributed by atoms with E-state index in [0.29, 0.717) is 17.8 Å². The maximum Gasteiger partial charge on any atom is 0.272 e. The fourth-order valence-electron chi connectivity index (χ4n) is 2.93. The molecular weight excluding hydrogens is 352 g/mol. The molecule has 0 spiro atoms. The molecule has 2 amide bonds. The Morgan fingerprint density at radius 1 is 1.07 bits per heavy atom. The van der Waals surface area contributed by atoms with Crippen LogP contribution in [0.2, 0.25) is 0 Å². The Bertz CT molecular complexity index is 1010. The van der Waals surface area contributed by atoms with E-state index >= 15 is 0 Å². The molecule has 1 unspecified atom stereocenters. The van der Waals surface area contributed by atoms with Gasteiger partial charge in [-0.3, -0.25) is 9.59 Å². The Hall–Kier alpha value is -3.54. The van der Waals surface area contributed by atoms with Crippen molar-refractivity contribution < 1.29 is 9.59 Å². The van der Waals surface area contributed by atoms with Crippen molar-refractivity contribution in [3.05, 3.63) is 72.1 Å². The summed E-state index contributed by atoms with van der Waals surface area (Å²) in [6.07, 6.45) is 3.59. The standard InChI is InChI=1S/C22H22N4O2/c1-2-15(13-23)14-25-22(28)20-19(11-6-12-24-20)26-21(27)18-10-5-8-16-7-3-4-9-17(16)18/h3-13,15,23H,2,14H2,1H3,(H,25,28)(H,26,27). The largest absolute Gasteiger partial charge is 0.350 e. The van der Waals surface area contributed by atoms with Gasteiger partial charge in [0, 0.05) is 30.4 Å². The second-order valence-electron chi connectivity index (χ2n) is 6.43. The molecular formula is C22H22N4O2. The summed E-state index contributed by atoms with van der Waals surface area (Å²) in [5.74, 6) is -0.708. The van der Waals surface area contributed by atoms with E-state index in [1.54, 1.807) is 18.2 Å². The van der Waals surface area contributed by atoms with Crippen LogP contribution >= 0.6 is 0 Å². The highest BCUT2D eigenvalue weighted by molar-refractivity contribution is 6.14. The van der Waals surface area contributed by atoms with Crippen molar-refractivity contribution in [1.29, 1.82) is 5.41 Å². The topological polar surface area (TPSA) is 94.9 Å². The summed E-state index contributed by atoms with van der Waals surface area (Å²) in [5, 5.41) is 14.8. The molecule has 6 nitrogen and oxygen atoms in total. The van der Waals surface area contributed by atoms with Crippen molar-refractivity contribution in [2.24, 2.45) is 5.92 Å². The predicted molar refractivity (Wildman–Crippen MR) is 111 cm³/mol. The average molecular weight is 374 g/mol. The number of nitrogens with one attached hydrogen (secondary N) is 3. The number of fused-ring (bicyclic) bond motifs is 1. The monoisotopic (exact) mass is 374 g/mol. The van der Waals surface area contributed by atoms with Gasteiger partial charge < -0.3 is 16.0 Å². The van der Waals surface area contributed by atoms with Crippen molar-refractivity contribution in [3.8, 4) is 0 Å². The summed E-state index contributed by atoms with van der Waals surface area (Å²) in [4.78, 5) is 29.5. The summed E-state index contributed by atoms with van der Waals surface area (Å²) < 4.78 is 0. The first-order valence-corrected chi connectivity index (χ1v) is 9.17. The number of benzene rings is 2. The van der Waals surface area contributed by atoms with E-state index in [2.05, 4.69) is 15.6 Å². The van der Waals surface area contributed by atoms with Crippen LogP contribution in [-0.2, 0) is 0 Å². The number of hydrogen-bond acceptors (Lipinski definition) is 4. The van der Waals surface area contributed by atoms with Crippen molar-refractivity contribution in [2.75, 3.05) is 11.9 Å². The number of aromatic nitrogens is 1. The first-order valence-electron chi connectivity index (χ1n) is 9.17. The predicted octanol–water partition coefficient (Wildman–Crippen LogP) is 3.89. The average Bonchev–Trinajstić information content (AvgIpc) is 2.74. The first-order chi connectivity index (χ1) is 13.6. The Kier molecular flexibility index (Phi) is 6.11. The molecule has 0 aliphatic carbocycles. The molecule has 2 aromatic carbocycles. The highest BCUT2D eigenvalue weighted by atomic mass is 16.2. The van der Waals surface area contributed by atoms with Crippen molar-refractivity contribution in [2.45, 2.75) is 13.3 Å². The number of nitrogens with zero attached hydrogens (tertiary/aromatic N) is 1. The highest BCUT2D eigenvalue weighted by Gasteiger charge is 2.17. The summed E-state index contributed by atoms with van der Waals surface area (Å²) in [6.45, 7) is 2.31. The second kappa shape index (κ2) is 8.90. The molecule has 0 bridgehead atoms. The molecule has 1 atom stereocenters. The number of carbonyl (C=O) groups is 2. The maximum atomic E-state index is 12.9. The van der Waals surface area contributed by atoms with Gasteiger partial charge in [0.25, 0.3) is 11.8 Å². The molecule has 142 valence electrons. The Morgan fingerprint density at radius 2 is 1.86 bits per heavy atom. The number of pyridine rings is 1. The number of amides is 2. The van der Waals surface area contributed by atoms with E-state index in [0.717, 1.165) is 17.2 Å². The summed E-state index contributed by atoms with van der Waals surface area (Å²) in [5.41, 5.74) is 1.03. The van der Waals surface area contributed by atoms with Crippen LogP contribution in [0.1, 0.15) is 34.2 Å². The number of anilines is 1. The number of carbonyl (C=O) groups excluding carboxylic acids is 2. The van der Waals surface area contributed by atoms with Crippen LogP contribution < -0.4 is 10.6 Å². The molecule has 0 saturated heterocycles. The molecule has 1 aromatic heterocycles. The molecule has 3 rings (SSSR count). The minimum Gasteiger partial charge on any atom is -0.350 e. The van der Waals surface area contributed by atoms with Crippen LogP contribution in [0.15, 0.2) is 60.8 Å². The van der Waals surface area contributed by atoms with Gasteiger partial charge in [-0.05, 0) is 35.4 Å². The number of hydrogen-bond donors (Lipinski definition) is 3. The minimum atomic E-state index is -0.380. The van der Waals surface area contributed by atoms with Gasteiger partial charge in [-0.2, -0.15) is 0 Å². The molecule has 1 heterocycles. The lowest BCUT2D eigenvalue weighted by Crippen LogP contribution is -2.31. The van der Waals surface area contributed by atoms with Crippen LogP contribution in [0.5, 0.6) is 0 Å². The van der Waals surface area contributed by atoms with Gasteiger partial charge in [-0.25, -0.2) is 4.98 Å². The van der Waals surface area contributed by atoms with Gasteiger partial charge in [-0.15, -0.1) is 0 Å². The SMILES string of the molecule is CCC(C=N)CNC(=O)c1ncccc1NC(=O)c1cccc2ccccc12. The van der Waals surface area contributed by atoms with E-state index in [1.807, 2.05) is 43.3 Å². The smallest absolute Gasteiger partial charge is 0.272 e. The zero-order valence-corrected chi connectivity index (χ0v) is 15.6. The van der Waals surface area contributed by atoms with Crippen molar-refractivity contribution in [1.82, 2.24) is 10.3 Å². The molecule has 0 saturated carbocycles. The maximum absolute atomic E-state index is 12.9. The van der Waals surface area contributed by atoms with E-state index in [1.165, 1.54) is 12.4 Å². The van der Waals surface area contributed by atoms with Crippen LogP contribution in [0.25, 0.3) is 10.8 Å². The van der Waals surface area contributed by atoms with E-state index in [-0.39, 0.29) is 23.4 Å². The lowest BCUT2D eigenvalue weighted by Gasteiger charge is -2.13. The normalized spacial score (nSPS) is 11.6. The highest BCUT2D eigenvalue weighted by Crippen LogP contribution is 2.21. The molecule has 0 aliphatic heterocycles. The van der Waals surface area contributed by atoms with Crippen molar-refractivity contribution in [3.63, 3.8) is 0 Å². The van der Waals surface area contributed by atoms with Crippen LogP contribution in [0.4, 0.5) is 5.69 Å². The van der Waals surface area contributed by atoms with Crippen LogP contribution in [-0.4, -0.2) is 29.6 Å². The third kappa shape index (κ3) is 4.23. The third-order valence-corrected chi connectivity index (χ3v) is 4.59. The van der Waals surface area contributed by atoms with Gasteiger partial charge in [0.2, 0.25) is 0 Å². The van der Waals surface area contributed by atoms with E-state index in [4.69, 9.17) is 5.41 Å². The fourth-order valence-corrected chi connectivity index (χ4v) is 2.93.